The van der Waals surface area contributed by atoms with Crippen molar-refractivity contribution in [2.75, 3.05) is 0 Å². The van der Waals surface area contributed by atoms with Crippen LogP contribution in [-0.2, 0) is 5.41 Å². The van der Waals surface area contributed by atoms with Crippen molar-refractivity contribution < 1.29 is 4.74 Å². The first kappa shape index (κ1) is 36.3. The van der Waals surface area contributed by atoms with Gasteiger partial charge in [-0.15, -0.1) is 11.3 Å². The number of rotatable bonds is 4. The van der Waals surface area contributed by atoms with Gasteiger partial charge in [0, 0.05) is 31.5 Å². The van der Waals surface area contributed by atoms with Crippen molar-refractivity contribution in [1.29, 1.82) is 0 Å². The standard InChI is InChI=1S/C59H34NOS2Si/c1-3-13-43-37(11-1)26-29-53-55(43)60-57(62-53)41-31-40(32-42(33-41)58-63-54-30-27-38-12-2-4-14-44(38)56(54)64-58)36-23-21-35(22-24-36)39-25-28-46-45-15-5-6-16-47(45)59(50(46)34-39)48-17-7-9-19-51(48)61-52-20-10-8-18-49(52)59/h1-34H. The van der Waals surface area contributed by atoms with Crippen molar-refractivity contribution in [2.45, 2.75) is 10.3 Å². The van der Waals surface area contributed by atoms with E-state index in [-0.39, 0.29) is 0 Å². The van der Waals surface area contributed by atoms with Gasteiger partial charge in [-0.05, 0) is 120 Å². The van der Waals surface area contributed by atoms with Crippen molar-refractivity contribution >= 4 is 73.7 Å². The molecule has 0 bridgehead atoms. The predicted molar refractivity (Wildman–Crippen MR) is 270 cm³/mol. The molecular weight excluding hydrogens is 831 g/mol. The quantitative estimate of drug-likeness (QED) is 0.165. The second-order valence-corrected chi connectivity index (χ2v) is 20.6. The zero-order valence-electron chi connectivity index (χ0n) is 34.3. The average molecular weight is 865 g/mol. The first-order valence-electron chi connectivity index (χ1n) is 21.7. The smallest absolute Gasteiger partial charge is 0.132 e. The molecule has 5 heteroatoms. The van der Waals surface area contributed by atoms with E-state index in [9.17, 15) is 0 Å². The van der Waals surface area contributed by atoms with Gasteiger partial charge in [0.2, 0.25) is 0 Å². The molecule has 2 aliphatic heterocycles. The van der Waals surface area contributed by atoms with Crippen LogP contribution in [0.5, 0.6) is 11.5 Å². The van der Waals surface area contributed by atoms with Crippen LogP contribution in [0.15, 0.2) is 211 Å². The molecule has 297 valence electrons. The summed E-state index contributed by atoms with van der Waals surface area (Å²) >= 11 is 3.71. The number of ether oxygens (including phenoxy) is 1. The maximum absolute atomic E-state index is 6.60. The third-order valence-corrected chi connectivity index (χ3v) is 17.6. The third-order valence-electron chi connectivity index (χ3n) is 13.5. The highest BCUT2D eigenvalue weighted by Gasteiger charge is 2.51. The number of hydrogen-bond acceptors (Lipinski definition) is 4. The molecule has 1 spiro atoms. The van der Waals surface area contributed by atoms with E-state index in [1.165, 1.54) is 102 Å². The largest absolute Gasteiger partial charge is 0.457 e. The Labute approximate surface area is 380 Å². The van der Waals surface area contributed by atoms with Gasteiger partial charge in [0.25, 0.3) is 0 Å². The van der Waals surface area contributed by atoms with Gasteiger partial charge in [0.05, 0.1) is 24.8 Å². The predicted octanol–water partition coefficient (Wildman–Crippen LogP) is 14.7. The molecule has 0 amide bonds. The van der Waals surface area contributed by atoms with Gasteiger partial charge in [-0.3, -0.25) is 0 Å². The summed E-state index contributed by atoms with van der Waals surface area (Å²) in [7, 11) is 0.589. The molecule has 0 unspecified atom stereocenters. The van der Waals surface area contributed by atoms with E-state index in [4.69, 9.17) is 9.72 Å². The van der Waals surface area contributed by atoms with E-state index in [0.717, 1.165) is 27.6 Å². The normalized spacial score (nSPS) is 13.9. The Balaban J connectivity index is 0.902. The summed E-state index contributed by atoms with van der Waals surface area (Å²) < 4.78 is 9.22. The Morgan fingerprint density at radius 3 is 1.83 bits per heavy atom. The molecule has 0 N–H and O–H groups in total. The fourth-order valence-corrected chi connectivity index (χ4v) is 14.6. The van der Waals surface area contributed by atoms with Crippen LogP contribution in [0.4, 0.5) is 0 Å². The number of hydrogen-bond donors (Lipinski definition) is 0. The summed E-state index contributed by atoms with van der Waals surface area (Å²) in [5, 5.41) is 7.58. The molecule has 0 saturated heterocycles. The SMILES string of the molecule is c1ccc2c(c1)Oc1ccccc1C21c2ccccc2-c2ccc(-c3ccc(-c4cc(C5=[Si]c6c(ccc7ccccc67)S5)cc(-c5nc6c(ccc7ccccc76)s5)c4)cc3)cc21. The van der Waals surface area contributed by atoms with Gasteiger partial charge in [-0.1, -0.05) is 169 Å². The monoisotopic (exact) mass is 864 g/mol. The van der Waals surface area contributed by atoms with E-state index in [1.54, 1.807) is 11.3 Å². The molecule has 64 heavy (non-hydrogen) atoms. The van der Waals surface area contributed by atoms with Crippen LogP contribution in [0.25, 0.3) is 75.7 Å². The summed E-state index contributed by atoms with van der Waals surface area (Å²) in [5.41, 5.74) is 15.3. The van der Waals surface area contributed by atoms with Gasteiger partial charge in [-0.2, -0.15) is 0 Å². The molecule has 0 fully saturated rings. The maximum atomic E-state index is 6.60. The first-order valence-corrected chi connectivity index (χ1v) is 24.3. The number of nitrogens with zero attached hydrogens (tertiary/aromatic N) is 1. The summed E-state index contributed by atoms with van der Waals surface area (Å²) in [5.74, 6) is 1.82. The molecule has 0 saturated carbocycles. The lowest BCUT2D eigenvalue weighted by atomic mass is 9.66. The highest BCUT2D eigenvalue weighted by Crippen LogP contribution is 2.62. The van der Waals surface area contributed by atoms with Gasteiger partial charge in [-0.25, -0.2) is 4.98 Å². The molecule has 1 aliphatic carbocycles. The molecule has 2 nitrogen and oxygen atoms in total. The number of thiazole rings is 1. The molecule has 14 rings (SSSR count). The van der Waals surface area contributed by atoms with E-state index in [1.807, 2.05) is 11.8 Å². The molecule has 1 radical (unpaired) electrons. The summed E-state index contributed by atoms with van der Waals surface area (Å²) in [6, 6.07) is 75.9. The van der Waals surface area contributed by atoms with Crippen LogP contribution in [0.3, 0.4) is 0 Å². The maximum Gasteiger partial charge on any atom is 0.132 e. The highest BCUT2D eigenvalue weighted by molar-refractivity contribution is 8.17. The van der Waals surface area contributed by atoms with Crippen molar-refractivity contribution in [3.63, 3.8) is 0 Å². The second kappa shape index (κ2) is 13.9. The molecule has 3 aliphatic rings. The number of aromatic nitrogens is 1. The lowest BCUT2D eigenvalue weighted by Gasteiger charge is -2.39. The molecule has 1 aromatic heterocycles. The number of para-hydroxylation sites is 2. The van der Waals surface area contributed by atoms with Gasteiger partial charge >= 0.3 is 0 Å². The highest BCUT2D eigenvalue weighted by atomic mass is 32.2. The molecular formula is C59H34NOS2Si. The minimum absolute atomic E-state index is 0.500. The van der Waals surface area contributed by atoms with Gasteiger partial charge in [0.1, 0.15) is 16.5 Å². The zero-order chi connectivity index (χ0) is 41.9. The van der Waals surface area contributed by atoms with E-state index < -0.39 is 5.41 Å². The number of fused-ring (bicyclic) bond motifs is 15. The average Bonchev–Trinajstić information content (AvgIpc) is 4.08. The Bertz CT molecular complexity index is 3760. The van der Waals surface area contributed by atoms with Crippen molar-refractivity contribution in [3.05, 3.63) is 234 Å². The summed E-state index contributed by atoms with van der Waals surface area (Å²) in [4.78, 5) is 6.72. The zero-order valence-corrected chi connectivity index (χ0v) is 36.9. The van der Waals surface area contributed by atoms with E-state index in [0.29, 0.717) is 9.13 Å². The van der Waals surface area contributed by atoms with Crippen LogP contribution in [-0.4, -0.2) is 18.6 Å². The molecule has 10 aromatic carbocycles. The Kier molecular flexibility index (Phi) is 7.91. The minimum Gasteiger partial charge on any atom is -0.457 e. The van der Waals surface area contributed by atoms with Crippen molar-refractivity contribution in [3.8, 4) is 55.5 Å². The topological polar surface area (TPSA) is 22.1 Å². The lowest BCUT2D eigenvalue weighted by Crippen LogP contribution is -2.32. The van der Waals surface area contributed by atoms with Crippen LogP contribution < -0.4 is 9.92 Å². The molecule has 3 heterocycles. The lowest BCUT2D eigenvalue weighted by molar-refractivity contribution is 0.436. The third kappa shape index (κ3) is 5.32. The Morgan fingerprint density at radius 1 is 0.438 bits per heavy atom. The molecule has 11 aromatic rings. The van der Waals surface area contributed by atoms with Crippen LogP contribution in [0.1, 0.15) is 27.8 Å². The summed E-state index contributed by atoms with van der Waals surface area (Å²) in [6.45, 7) is 0. The van der Waals surface area contributed by atoms with E-state index in [2.05, 4.69) is 206 Å². The van der Waals surface area contributed by atoms with Crippen LogP contribution in [0.2, 0.25) is 0 Å². The van der Waals surface area contributed by atoms with Crippen molar-refractivity contribution in [2.24, 2.45) is 0 Å². The fraction of sp³-hybridized carbons (Fsp3) is 0.0169. The number of thioether (sulfide) groups is 1. The van der Waals surface area contributed by atoms with Gasteiger partial charge in [0.15, 0.2) is 0 Å². The van der Waals surface area contributed by atoms with Crippen LogP contribution >= 0.6 is 23.1 Å². The van der Waals surface area contributed by atoms with E-state index >= 15 is 0 Å². The van der Waals surface area contributed by atoms with Gasteiger partial charge < -0.3 is 4.74 Å². The fourth-order valence-electron chi connectivity index (χ4n) is 10.6. The van der Waals surface area contributed by atoms with Crippen molar-refractivity contribution in [1.82, 2.24) is 4.98 Å². The van der Waals surface area contributed by atoms with Crippen LogP contribution in [0, 0.1) is 0 Å². The second-order valence-electron chi connectivity index (χ2n) is 16.9. The molecule has 0 atom stereocenters. The summed E-state index contributed by atoms with van der Waals surface area (Å²) in [6.07, 6.45) is 0. The Hall–Kier alpha value is -7.15. The first-order chi connectivity index (χ1) is 31.7. The minimum atomic E-state index is -0.500. The number of benzene rings is 10. The Morgan fingerprint density at radius 2 is 1.03 bits per heavy atom.